The van der Waals surface area contributed by atoms with Gasteiger partial charge in [0.15, 0.2) is 11.6 Å². The van der Waals surface area contributed by atoms with Crippen LogP contribution in [0.25, 0.3) is 0 Å². The summed E-state index contributed by atoms with van der Waals surface area (Å²) in [6, 6.07) is 14.1. The van der Waals surface area contributed by atoms with Crippen LogP contribution in [0.4, 0.5) is 23.0 Å². The highest BCUT2D eigenvalue weighted by atomic mass is 79.9. The minimum Gasteiger partial charge on any atom is -0.393 e. The van der Waals surface area contributed by atoms with E-state index in [1.807, 2.05) is 12.1 Å². The molecule has 9 heteroatoms. The van der Waals surface area contributed by atoms with Crippen molar-refractivity contribution >= 4 is 56.4 Å². The molecule has 0 spiro atoms. The average Bonchev–Trinajstić information content (AvgIpc) is 2.64. The number of nitrogens with two attached hydrogens (primary N) is 1. The van der Waals surface area contributed by atoms with E-state index in [0.29, 0.717) is 22.1 Å². The SMILES string of the molecule is Nc1c(NNC(=O)c2ccc(Br)cc2)ncnc1Nc1ccccc1Cl. The Balaban J connectivity index is 1.72. The smallest absolute Gasteiger partial charge is 0.269 e. The third-order valence-corrected chi connectivity index (χ3v) is 4.27. The number of nitrogens with zero attached hydrogens (tertiary/aromatic N) is 2. The second-order valence-electron chi connectivity index (χ2n) is 5.18. The molecule has 0 aliphatic heterocycles. The Bertz CT molecular complexity index is 935. The first-order chi connectivity index (χ1) is 12.5. The number of carbonyl (C=O) groups is 1. The highest BCUT2D eigenvalue weighted by molar-refractivity contribution is 9.10. The first-order valence-electron chi connectivity index (χ1n) is 7.48. The maximum absolute atomic E-state index is 12.2. The van der Waals surface area contributed by atoms with Crippen LogP contribution in [0.2, 0.25) is 5.02 Å². The summed E-state index contributed by atoms with van der Waals surface area (Å²) in [4.78, 5) is 20.3. The second-order valence-corrected chi connectivity index (χ2v) is 6.50. The number of hydrazine groups is 1. The van der Waals surface area contributed by atoms with Gasteiger partial charge in [0.1, 0.15) is 12.0 Å². The number of hydrogen-bond donors (Lipinski definition) is 4. The van der Waals surface area contributed by atoms with Crippen molar-refractivity contribution in [3.05, 3.63) is 69.9 Å². The number of amides is 1. The lowest BCUT2D eigenvalue weighted by molar-refractivity contribution is 0.0962. The van der Waals surface area contributed by atoms with Crippen molar-refractivity contribution in [2.45, 2.75) is 0 Å². The summed E-state index contributed by atoms with van der Waals surface area (Å²) < 4.78 is 0.886. The Hall–Kier alpha value is -2.84. The van der Waals surface area contributed by atoms with E-state index in [-0.39, 0.29) is 17.4 Å². The number of para-hydroxylation sites is 1. The predicted molar refractivity (Wildman–Crippen MR) is 106 cm³/mol. The van der Waals surface area contributed by atoms with E-state index in [0.717, 1.165) is 4.47 Å². The van der Waals surface area contributed by atoms with Gasteiger partial charge >= 0.3 is 0 Å². The van der Waals surface area contributed by atoms with Crippen molar-refractivity contribution in [2.75, 3.05) is 16.5 Å². The zero-order chi connectivity index (χ0) is 18.5. The first-order valence-corrected chi connectivity index (χ1v) is 8.65. The maximum atomic E-state index is 12.2. The number of carbonyl (C=O) groups excluding carboxylic acids is 1. The molecule has 2 aromatic carbocycles. The fourth-order valence-electron chi connectivity index (χ4n) is 2.07. The quantitative estimate of drug-likeness (QED) is 0.454. The van der Waals surface area contributed by atoms with Gasteiger partial charge in [-0.25, -0.2) is 9.97 Å². The Morgan fingerprint density at radius 1 is 1.04 bits per heavy atom. The molecular formula is C17H14BrClN6O. The topological polar surface area (TPSA) is 105 Å². The van der Waals surface area contributed by atoms with Crippen LogP contribution < -0.4 is 21.9 Å². The monoisotopic (exact) mass is 432 g/mol. The molecule has 0 aliphatic carbocycles. The van der Waals surface area contributed by atoms with Crippen molar-refractivity contribution in [2.24, 2.45) is 0 Å². The molecule has 1 aromatic heterocycles. The number of aromatic nitrogens is 2. The van der Waals surface area contributed by atoms with E-state index in [2.05, 4.69) is 42.1 Å². The Morgan fingerprint density at radius 2 is 1.73 bits per heavy atom. The average molecular weight is 434 g/mol. The van der Waals surface area contributed by atoms with E-state index < -0.39 is 0 Å². The van der Waals surface area contributed by atoms with Crippen LogP contribution in [0.3, 0.4) is 0 Å². The van der Waals surface area contributed by atoms with Crippen LogP contribution in [0.5, 0.6) is 0 Å². The minimum atomic E-state index is -0.323. The van der Waals surface area contributed by atoms with Gasteiger partial charge in [-0.05, 0) is 36.4 Å². The molecule has 1 amide bonds. The highest BCUT2D eigenvalue weighted by Gasteiger charge is 2.11. The van der Waals surface area contributed by atoms with Gasteiger partial charge in [0.2, 0.25) is 0 Å². The van der Waals surface area contributed by atoms with E-state index in [1.165, 1.54) is 6.33 Å². The maximum Gasteiger partial charge on any atom is 0.269 e. The van der Waals surface area contributed by atoms with Crippen LogP contribution in [0, 0.1) is 0 Å². The molecule has 1 heterocycles. The number of halogens is 2. The van der Waals surface area contributed by atoms with Gasteiger partial charge in [0, 0.05) is 10.0 Å². The van der Waals surface area contributed by atoms with Crippen molar-refractivity contribution in [3.63, 3.8) is 0 Å². The molecule has 0 saturated carbocycles. The molecule has 0 unspecified atom stereocenters. The third-order valence-electron chi connectivity index (χ3n) is 3.41. The largest absolute Gasteiger partial charge is 0.393 e. The number of rotatable bonds is 5. The molecule has 3 rings (SSSR count). The lowest BCUT2D eigenvalue weighted by Gasteiger charge is -2.13. The summed E-state index contributed by atoms with van der Waals surface area (Å²) in [6.07, 6.45) is 1.32. The van der Waals surface area contributed by atoms with Crippen LogP contribution in [-0.4, -0.2) is 15.9 Å². The molecular weight excluding hydrogens is 420 g/mol. The summed E-state index contributed by atoms with van der Waals surface area (Å²) in [5, 5.41) is 3.57. The summed E-state index contributed by atoms with van der Waals surface area (Å²) in [5.74, 6) is 0.310. The highest BCUT2D eigenvalue weighted by Crippen LogP contribution is 2.29. The molecule has 0 fully saturated rings. The summed E-state index contributed by atoms with van der Waals surface area (Å²) in [7, 11) is 0. The molecule has 0 atom stereocenters. The van der Waals surface area contributed by atoms with Gasteiger partial charge in [-0.15, -0.1) is 0 Å². The molecule has 0 saturated heterocycles. The Kier molecular flexibility index (Phi) is 5.55. The van der Waals surface area contributed by atoms with E-state index in [9.17, 15) is 4.79 Å². The standard InChI is InChI=1S/C17H14BrClN6O/c18-11-7-5-10(6-8-11)17(26)25-24-16-14(20)15(21-9-22-16)23-13-4-2-1-3-12(13)19/h1-9H,20H2,(H,25,26)(H2,21,22,23,24). The summed E-state index contributed by atoms with van der Waals surface area (Å²) in [6.45, 7) is 0. The van der Waals surface area contributed by atoms with Crippen molar-refractivity contribution in [1.82, 2.24) is 15.4 Å². The number of anilines is 4. The zero-order valence-electron chi connectivity index (χ0n) is 13.3. The molecule has 0 aliphatic rings. The first kappa shape index (κ1) is 18.0. The lowest BCUT2D eigenvalue weighted by atomic mass is 10.2. The molecule has 132 valence electrons. The van der Waals surface area contributed by atoms with Crippen LogP contribution in [0.15, 0.2) is 59.3 Å². The van der Waals surface area contributed by atoms with Crippen LogP contribution >= 0.6 is 27.5 Å². The number of nitrogen functional groups attached to an aromatic ring is 1. The zero-order valence-corrected chi connectivity index (χ0v) is 15.7. The van der Waals surface area contributed by atoms with E-state index >= 15 is 0 Å². The molecule has 5 N–H and O–H groups in total. The Labute approximate surface area is 163 Å². The number of nitrogens with one attached hydrogen (secondary N) is 3. The third kappa shape index (κ3) is 4.22. The predicted octanol–water partition coefficient (Wildman–Crippen LogP) is 3.98. The number of hydrogen-bond acceptors (Lipinski definition) is 6. The normalized spacial score (nSPS) is 10.2. The molecule has 26 heavy (non-hydrogen) atoms. The van der Waals surface area contributed by atoms with Gasteiger partial charge < -0.3 is 11.1 Å². The Morgan fingerprint density at radius 3 is 2.46 bits per heavy atom. The second kappa shape index (κ2) is 8.03. The van der Waals surface area contributed by atoms with Gasteiger partial charge in [-0.3, -0.25) is 15.6 Å². The van der Waals surface area contributed by atoms with Crippen molar-refractivity contribution < 1.29 is 4.79 Å². The molecule has 0 bridgehead atoms. The molecule has 0 radical (unpaired) electrons. The fraction of sp³-hybridized carbons (Fsp3) is 0. The molecule has 7 nitrogen and oxygen atoms in total. The van der Waals surface area contributed by atoms with Gasteiger partial charge in [-0.1, -0.05) is 39.7 Å². The van der Waals surface area contributed by atoms with Crippen LogP contribution in [0.1, 0.15) is 10.4 Å². The number of benzene rings is 2. The van der Waals surface area contributed by atoms with Gasteiger partial charge in [0.05, 0.1) is 10.7 Å². The minimum absolute atomic E-state index is 0.239. The fourth-order valence-corrected chi connectivity index (χ4v) is 2.52. The lowest BCUT2D eigenvalue weighted by Crippen LogP contribution is -2.30. The summed E-state index contributed by atoms with van der Waals surface area (Å²) >= 11 is 9.45. The van der Waals surface area contributed by atoms with Crippen LogP contribution in [-0.2, 0) is 0 Å². The molecule has 3 aromatic rings. The van der Waals surface area contributed by atoms with Crippen molar-refractivity contribution in [1.29, 1.82) is 0 Å². The van der Waals surface area contributed by atoms with Gasteiger partial charge in [-0.2, -0.15) is 0 Å². The van der Waals surface area contributed by atoms with Crippen molar-refractivity contribution in [3.8, 4) is 0 Å². The van der Waals surface area contributed by atoms with E-state index in [4.69, 9.17) is 17.3 Å². The van der Waals surface area contributed by atoms with Gasteiger partial charge in [0.25, 0.3) is 5.91 Å². The summed E-state index contributed by atoms with van der Waals surface area (Å²) in [5.41, 5.74) is 12.7. The van der Waals surface area contributed by atoms with E-state index in [1.54, 1.807) is 36.4 Å².